The third kappa shape index (κ3) is 7.69. The number of carbonyl (C=O) groups excluding carboxylic acids is 3. The lowest BCUT2D eigenvalue weighted by Crippen LogP contribution is -2.61. The highest BCUT2D eigenvalue weighted by Crippen LogP contribution is 2.45. The molecule has 1 saturated heterocycles. The normalized spacial score (nSPS) is 22.3. The van der Waals surface area contributed by atoms with Crippen molar-refractivity contribution in [1.82, 2.24) is 25.8 Å². The number of amides is 4. The second-order valence-corrected chi connectivity index (χ2v) is 15.2. The summed E-state index contributed by atoms with van der Waals surface area (Å²) in [4.78, 5) is 60.0. The zero-order valence-electron chi connectivity index (χ0n) is 29.7. The van der Waals surface area contributed by atoms with Crippen LogP contribution in [0.4, 0.5) is 4.79 Å². The number of hydrogen-bond acceptors (Lipinski definition) is 7. The zero-order valence-corrected chi connectivity index (χ0v) is 29.7. The number of pyridine rings is 1. The van der Waals surface area contributed by atoms with Crippen molar-refractivity contribution in [2.24, 2.45) is 11.3 Å². The van der Waals surface area contributed by atoms with Gasteiger partial charge in [-0.1, -0.05) is 57.2 Å². The molecule has 2 fully saturated rings. The number of methoxy groups -OCH3 is 1. The van der Waals surface area contributed by atoms with E-state index in [0.29, 0.717) is 28.1 Å². The SMILES string of the molecule is C=C[C@@H]1C[C@]1(NC(=O)[C@@H]1C[C@@H](Oc2cc(-c3ccccc3)nc3cc(OC)ccc23)CN1C(=O)[C@@H](NC(=O)NC(C)(C)C)C(C)(C)C)C(=O)O. The Labute approximate surface area is 292 Å². The summed E-state index contributed by atoms with van der Waals surface area (Å²) >= 11 is 0. The standard InChI is InChI=1S/C38H47N5O7/c1-9-23-20-38(23,34(46)47)41-32(44)29-18-25(21-43(29)33(45)31(36(2,3)4)40-35(48)42-37(5,6)7)50-30-19-27(22-13-11-10-12-14-22)39-28-17-24(49-8)15-16-26(28)30/h9-17,19,23,25,29,31H,1,18,20-21H2,2-8H3,(H,41,44)(H,46,47)(H2,40,42,48)/t23-,25-,29+,31-,38-/m1/s1. The number of carboxylic acids is 1. The fourth-order valence-electron chi connectivity index (χ4n) is 6.35. The monoisotopic (exact) mass is 685 g/mol. The molecule has 1 aliphatic heterocycles. The smallest absolute Gasteiger partial charge is 0.330 e. The number of fused-ring (bicyclic) bond motifs is 1. The molecule has 0 bridgehead atoms. The minimum absolute atomic E-state index is 0.0116. The maximum Gasteiger partial charge on any atom is 0.330 e. The second-order valence-electron chi connectivity index (χ2n) is 15.2. The summed E-state index contributed by atoms with van der Waals surface area (Å²) in [5.74, 6) is -1.58. The van der Waals surface area contributed by atoms with Gasteiger partial charge >= 0.3 is 12.0 Å². The van der Waals surface area contributed by atoms with Crippen LogP contribution in [0.15, 0.2) is 67.3 Å². The van der Waals surface area contributed by atoms with Gasteiger partial charge in [-0.3, -0.25) is 9.59 Å². The predicted octanol–water partition coefficient (Wildman–Crippen LogP) is 4.92. The van der Waals surface area contributed by atoms with Crippen LogP contribution >= 0.6 is 0 Å². The zero-order chi connectivity index (χ0) is 36.6. The first-order valence-electron chi connectivity index (χ1n) is 16.7. The molecular weight excluding hydrogens is 638 g/mol. The van der Waals surface area contributed by atoms with Crippen molar-refractivity contribution < 1.29 is 33.8 Å². The van der Waals surface area contributed by atoms with Gasteiger partial charge in [-0.2, -0.15) is 0 Å². The van der Waals surface area contributed by atoms with E-state index < -0.39 is 64.4 Å². The van der Waals surface area contributed by atoms with Crippen molar-refractivity contribution in [1.29, 1.82) is 0 Å². The lowest BCUT2D eigenvalue weighted by molar-refractivity contribution is -0.146. The van der Waals surface area contributed by atoms with E-state index >= 15 is 0 Å². The Hall–Kier alpha value is -5.13. The average Bonchev–Trinajstić information content (AvgIpc) is 3.61. The van der Waals surface area contributed by atoms with Gasteiger partial charge in [0, 0.05) is 41.0 Å². The lowest BCUT2D eigenvalue weighted by Gasteiger charge is -2.36. The number of urea groups is 1. The number of aliphatic carboxylic acids is 1. The molecule has 2 heterocycles. The molecular formula is C38H47N5O7. The number of aromatic nitrogens is 1. The lowest BCUT2D eigenvalue weighted by atomic mass is 9.85. The molecule has 12 nitrogen and oxygen atoms in total. The molecule has 0 spiro atoms. The Balaban J connectivity index is 1.51. The molecule has 4 N–H and O–H groups in total. The number of nitrogens with zero attached hydrogens (tertiary/aromatic N) is 2. The van der Waals surface area contributed by atoms with E-state index in [1.54, 1.807) is 13.2 Å². The number of likely N-dealkylation sites (tertiary alicyclic amines) is 1. The summed E-state index contributed by atoms with van der Waals surface area (Å²) in [7, 11) is 1.58. The molecule has 1 saturated carbocycles. The van der Waals surface area contributed by atoms with Crippen LogP contribution in [0.1, 0.15) is 54.4 Å². The quantitative estimate of drug-likeness (QED) is 0.219. The highest BCUT2D eigenvalue weighted by Gasteiger charge is 2.61. The van der Waals surface area contributed by atoms with Gasteiger partial charge in [0.2, 0.25) is 11.8 Å². The van der Waals surface area contributed by atoms with E-state index in [-0.39, 0.29) is 19.4 Å². The van der Waals surface area contributed by atoms with Crippen LogP contribution < -0.4 is 25.4 Å². The van der Waals surface area contributed by atoms with Crippen LogP contribution in [-0.4, -0.2) is 81.7 Å². The largest absolute Gasteiger partial charge is 0.497 e. The first-order valence-corrected chi connectivity index (χ1v) is 16.7. The van der Waals surface area contributed by atoms with Crippen molar-refractivity contribution >= 4 is 34.7 Å². The summed E-state index contributed by atoms with van der Waals surface area (Å²) < 4.78 is 12.1. The number of benzene rings is 2. The van der Waals surface area contributed by atoms with Gasteiger partial charge in [0.05, 0.1) is 24.9 Å². The van der Waals surface area contributed by atoms with Crippen LogP contribution in [0.2, 0.25) is 0 Å². The van der Waals surface area contributed by atoms with Crippen molar-refractivity contribution in [3.8, 4) is 22.8 Å². The number of hydrogen-bond donors (Lipinski definition) is 4. The highest BCUT2D eigenvalue weighted by atomic mass is 16.5. The van der Waals surface area contributed by atoms with Crippen molar-refractivity contribution in [2.75, 3.05) is 13.7 Å². The van der Waals surface area contributed by atoms with Crippen molar-refractivity contribution in [2.45, 2.75) is 83.6 Å². The van der Waals surface area contributed by atoms with Crippen LogP contribution in [0.3, 0.4) is 0 Å². The molecule has 1 aromatic heterocycles. The van der Waals surface area contributed by atoms with Crippen LogP contribution in [0.25, 0.3) is 22.2 Å². The third-order valence-corrected chi connectivity index (χ3v) is 9.09. The maximum absolute atomic E-state index is 14.5. The van der Waals surface area contributed by atoms with Crippen molar-refractivity contribution in [3.63, 3.8) is 0 Å². The summed E-state index contributed by atoms with van der Waals surface area (Å²) in [5, 5.41) is 19.1. The molecule has 1 aliphatic carbocycles. The molecule has 2 aromatic carbocycles. The molecule has 2 aliphatic rings. The summed E-state index contributed by atoms with van der Waals surface area (Å²) in [5.41, 5.74) is -0.630. The molecule has 12 heteroatoms. The minimum atomic E-state index is -1.49. The Morgan fingerprint density at radius 3 is 2.34 bits per heavy atom. The average molecular weight is 686 g/mol. The van der Waals surface area contributed by atoms with Crippen molar-refractivity contribution in [3.05, 3.63) is 67.3 Å². The Morgan fingerprint density at radius 1 is 1.06 bits per heavy atom. The molecule has 0 unspecified atom stereocenters. The topological polar surface area (TPSA) is 159 Å². The summed E-state index contributed by atoms with van der Waals surface area (Å²) in [6.07, 6.45) is 1.13. The molecule has 0 radical (unpaired) electrons. The number of ether oxygens (including phenoxy) is 2. The van der Waals surface area contributed by atoms with E-state index in [9.17, 15) is 24.3 Å². The fourth-order valence-corrected chi connectivity index (χ4v) is 6.35. The number of rotatable bonds is 10. The van der Waals surface area contributed by atoms with Gasteiger partial charge < -0.3 is 35.4 Å². The summed E-state index contributed by atoms with van der Waals surface area (Å²) in [6, 6.07) is 14.3. The van der Waals surface area contributed by atoms with E-state index in [0.717, 1.165) is 5.56 Å². The Bertz CT molecular complexity index is 1800. The van der Waals surface area contributed by atoms with E-state index in [1.807, 2.05) is 90.1 Å². The maximum atomic E-state index is 14.5. The number of carbonyl (C=O) groups is 4. The Kier molecular flexibility index (Phi) is 9.87. The van der Waals surface area contributed by atoms with Crippen LogP contribution in [0, 0.1) is 11.3 Å². The first-order chi connectivity index (χ1) is 23.5. The summed E-state index contributed by atoms with van der Waals surface area (Å²) in [6.45, 7) is 14.7. The van der Waals surface area contributed by atoms with E-state index in [4.69, 9.17) is 14.5 Å². The van der Waals surface area contributed by atoms with E-state index in [1.165, 1.54) is 11.0 Å². The van der Waals surface area contributed by atoms with Gasteiger partial charge in [0.1, 0.15) is 35.2 Å². The van der Waals surface area contributed by atoms with Gasteiger partial charge in [0.15, 0.2) is 0 Å². The number of nitrogens with one attached hydrogen (secondary N) is 3. The van der Waals surface area contributed by atoms with E-state index in [2.05, 4.69) is 22.5 Å². The van der Waals surface area contributed by atoms with Crippen LogP contribution in [0.5, 0.6) is 11.5 Å². The molecule has 5 rings (SSSR count). The van der Waals surface area contributed by atoms with Gasteiger partial charge in [-0.15, -0.1) is 6.58 Å². The van der Waals surface area contributed by atoms with Gasteiger partial charge in [0.25, 0.3) is 0 Å². The molecule has 266 valence electrons. The molecule has 4 amide bonds. The minimum Gasteiger partial charge on any atom is -0.497 e. The number of carboxylic acid groups (broad SMARTS) is 1. The fraction of sp³-hybridized carbons (Fsp3) is 0.447. The predicted molar refractivity (Wildman–Crippen MR) is 190 cm³/mol. The highest BCUT2D eigenvalue weighted by molar-refractivity contribution is 5.96. The Morgan fingerprint density at radius 2 is 1.76 bits per heavy atom. The first kappa shape index (κ1) is 36.2. The molecule has 5 atom stereocenters. The second kappa shape index (κ2) is 13.6. The molecule has 3 aromatic rings. The molecule has 50 heavy (non-hydrogen) atoms. The third-order valence-electron chi connectivity index (χ3n) is 9.09. The van der Waals surface area contributed by atoms with Gasteiger partial charge in [-0.05, 0) is 44.7 Å². The van der Waals surface area contributed by atoms with Gasteiger partial charge in [-0.25, -0.2) is 14.6 Å². The van der Waals surface area contributed by atoms with Crippen LogP contribution in [-0.2, 0) is 14.4 Å².